The van der Waals surface area contributed by atoms with Gasteiger partial charge in [0.05, 0.1) is 19.5 Å². The van der Waals surface area contributed by atoms with Crippen LogP contribution in [0, 0.1) is 5.82 Å². The number of aromatic nitrogens is 2. The molecule has 2 rings (SSSR count). The second-order valence-electron chi connectivity index (χ2n) is 3.75. The quantitative estimate of drug-likeness (QED) is 0.880. The maximum Gasteiger partial charge on any atom is 0.222 e. The summed E-state index contributed by atoms with van der Waals surface area (Å²) in [6.07, 6.45) is 3.90. The summed E-state index contributed by atoms with van der Waals surface area (Å²) in [4.78, 5) is 8.15. The summed E-state index contributed by atoms with van der Waals surface area (Å²) in [7, 11) is 1.57. The zero-order valence-electron chi connectivity index (χ0n) is 10.1. The van der Waals surface area contributed by atoms with E-state index >= 15 is 0 Å². The van der Waals surface area contributed by atoms with Gasteiger partial charge in [0, 0.05) is 6.54 Å². The molecule has 0 aliphatic heterocycles. The lowest BCUT2D eigenvalue weighted by molar-refractivity contribution is 0.411. The van der Waals surface area contributed by atoms with E-state index in [4.69, 9.17) is 4.74 Å². The molecule has 0 unspecified atom stereocenters. The van der Waals surface area contributed by atoms with Crippen molar-refractivity contribution in [3.8, 4) is 5.75 Å². The smallest absolute Gasteiger partial charge is 0.222 e. The molecule has 1 N–H and O–H groups in total. The number of hydrogen-bond acceptors (Lipinski definition) is 4. The van der Waals surface area contributed by atoms with Crippen LogP contribution in [-0.4, -0.2) is 23.6 Å². The Morgan fingerprint density at radius 3 is 2.72 bits per heavy atom. The van der Waals surface area contributed by atoms with Gasteiger partial charge in [-0.25, -0.2) is 14.4 Å². The molecule has 0 bridgehead atoms. The first-order valence-electron chi connectivity index (χ1n) is 5.62. The zero-order chi connectivity index (χ0) is 12.8. The van der Waals surface area contributed by atoms with E-state index < -0.39 is 0 Å². The summed E-state index contributed by atoms with van der Waals surface area (Å²) >= 11 is 0. The fraction of sp³-hybridized carbons (Fsp3) is 0.231. The van der Waals surface area contributed by atoms with Crippen LogP contribution in [0.3, 0.4) is 0 Å². The highest BCUT2D eigenvalue weighted by Crippen LogP contribution is 2.08. The van der Waals surface area contributed by atoms with Gasteiger partial charge in [-0.15, -0.1) is 0 Å². The van der Waals surface area contributed by atoms with Gasteiger partial charge in [0.25, 0.3) is 0 Å². The van der Waals surface area contributed by atoms with Crippen molar-refractivity contribution in [1.29, 1.82) is 0 Å². The van der Waals surface area contributed by atoms with E-state index in [-0.39, 0.29) is 5.82 Å². The van der Waals surface area contributed by atoms with E-state index in [0.29, 0.717) is 24.7 Å². The van der Waals surface area contributed by atoms with E-state index in [1.54, 1.807) is 25.6 Å². The van der Waals surface area contributed by atoms with Crippen LogP contribution in [0.15, 0.2) is 36.7 Å². The van der Waals surface area contributed by atoms with Crippen LogP contribution in [0.2, 0.25) is 0 Å². The van der Waals surface area contributed by atoms with Gasteiger partial charge in [-0.1, -0.05) is 12.1 Å². The second-order valence-corrected chi connectivity index (χ2v) is 3.75. The van der Waals surface area contributed by atoms with Crippen molar-refractivity contribution in [1.82, 2.24) is 9.97 Å². The summed E-state index contributed by atoms with van der Waals surface area (Å²) in [5.41, 5.74) is 0.941. The standard InChI is InChI=1S/C13H14FN3O/c1-18-12-8-16-13(17-9-12)15-6-5-10-3-2-4-11(14)7-10/h2-4,7-9H,5-6H2,1H3,(H,15,16,17). The molecule has 94 valence electrons. The van der Waals surface area contributed by atoms with E-state index in [1.807, 2.05) is 6.07 Å². The summed E-state index contributed by atoms with van der Waals surface area (Å²) in [5.74, 6) is 0.936. The Kier molecular flexibility index (Phi) is 4.06. The minimum absolute atomic E-state index is 0.215. The van der Waals surface area contributed by atoms with E-state index in [2.05, 4.69) is 15.3 Å². The number of nitrogens with one attached hydrogen (secondary N) is 1. The largest absolute Gasteiger partial charge is 0.494 e. The first-order valence-corrected chi connectivity index (χ1v) is 5.62. The highest BCUT2D eigenvalue weighted by molar-refractivity contribution is 5.27. The molecule has 0 spiro atoms. The summed E-state index contributed by atoms with van der Waals surface area (Å²) < 4.78 is 17.9. The van der Waals surface area contributed by atoms with E-state index in [1.165, 1.54) is 12.1 Å². The molecule has 18 heavy (non-hydrogen) atoms. The molecule has 0 saturated heterocycles. The molecule has 1 heterocycles. The van der Waals surface area contributed by atoms with Crippen LogP contribution < -0.4 is 10.1 Å². The monoisotopic (exact) mass is 247 g/mol. The molecule has 0 amide bonds. The number of rotatable bonds is 5. The maximum absolute atomic E-state index is 12.9. The topological polar surface area (TPSA) is 47.0 Å². The van der Waals surface area contributed by atoms with E-state index in [9.17, 15) is 4.39 Å². The van der Waals surface area contributed by atoms with Crippen molar-refractivity contribution in [3.05, 3.63) is 48.0 Å². The van der Waals surface area contributed by atoms with Crippen LogP contribution in [0.25, 0.3) is 0 Å². The van der Waals surface area contributed by atoms with Gasteiger partial charge in [0.1, 0.15) is 5.82 Å². The number of hydrogen-bond donors (Lipinski definition) is 1. The molecule has 0 aliphatic carbocycles. The highest BCUT2D eigenvalue weighted by Gasteiger charge is 1.98. The first kappa shape index (κ1) is 12.3. The molecule has 2 aromatic rings. The Morgan fingerprint density at radius 1 is 1.28 bits per heavy atom. The third kappa shape index (κ3) is 3.41. The first-order chi connectivity index (χ1) is 8.78. The van der Waals surface area contributed by atoms with Crippen molar-refractivity contribution < 1.29 is 9.13 Å². The Morgan fingerprint density at radius 2 is 2.06 bits per heavy atom. The molecule has 0 atom stereocenters. The van der Waals surface area contributed by atoms with Crippen molar-refractivity contribution in [3.63, 3.8) is 0 Å². The third-order valence-corrected chi connectivity index (χ3v) is 2.45. The van der Waals surface area contributed by atoms with Gasteiger partial charge in [0.15, 0.2) is 5.75 Å². The summed E-state index contributed by atoms with van der Waals surface area (Å²) in [5, 5.41) is 3.06. The van der Waals surface area contributed by atoms with Gasteiger partial charge in [-0.3, -0.25) is 0 Å². The molecule has 4 nitrogen and oxygen atoms in total. The Labute approximate surface area is 105 Å². The fourth-order valence-corrected chi connectivity index (χ4v) is 1.52. The highest BCUT2D eigenvalue weighted by atomic mass is 19.1. The normalized spacial score (nSPS) is 10.1. The van der Waals surface area contributed by atoms with Crippen molar-refractivity contribution in [2.45, 2.75) is 6.42 Å². The van der Waals surface area contributed by atoms with Crippen molar-refractivity contribution in [2.24, 2.45) is 0 Å². The van der Waals surface area contributed by atoms with Crippen molar-refractivity contribution >= 4 is 5.95 Å². The van der Waals surface area contributed by atoms with Crippen LogP contribution in [0.1, 0.15) is 5.56 Å². The molecular formula is C13H14FN3O. The number of halogens is 1. The van der Waals surface area contributed by atoms with Gasteiger partial charge >= 0.3 is 0 Å². The van der Waals surface area contributed by atoms with Gasteiger partial charge in [-0.2, -0.15) is 0 Å². The maximum atomic E-state index is 12.9. The van der Waals surface area contributed by atoms with Crippen LogP contribution in [0.4, 0.5) is 10.3 Å². The SMILES string of the molecule is COc1cnc(NCCc2cccc(F)c2)nc1. The number of ether oxygens (including phenoxy) is 1. The Hall–Kier alpha value is -2.17. The average molecular weight is 247 g/mol. The predicted octanol–water partition coefficient (Wildman–Crippen LogP) is 2.28. The minimum atomic E-state index is -0.215. The molecule has 1 aromatic carbocycles. The van der Waals surface area contributed by atoms with Crippen LogP contribution >= 0.6 is 0 Å². The van der Waals surface area contributed by atoms with Crippen LogP contribution in [-0.2, 0) is 6.42 Å². The molecule has 0 aliphatic rings. The third-order valence-electron chi connectivity index (χ3n) is 2.45. The Bertz CT molecular complexity index is 502. The number of anilines is 1. The molecule has 0 fully saturated rings. The van der Waals surface area contributed by atoms with E-state index in [0.717, 1.165) is 5.56 Å². The van der Waals surface area contributed by atoms with Crippen LogP contribution in [0.5, 0.6) is 5.75 Å². The van der Waals surface area contributed by atoms with Gasteiger partial charge in [-0.05, 0) is 24.1 Å². The fourth-order valence-electron chi connectivity index (χ4n) is 1.52. The zero-order valence-corrected chi connectivity index (χ0v) is 10.1. The van der Waals surface area contributed by atoms with Gasteiger partial charge in [0.2, 0.25) is 5.95 Å². The Balaban J connectivity index is 1.84. The molecular weight excluding hydrogens is 233 g/mol. The molecule has 1 aromatic heterocycles. The number of nitrogens with zero attached hydrogens (tertiary/aromatic N) is 2. The number of methoxy groups -OCH3 is 1. The number of benzene rings is 1. The lowest BCUT2D eigenvalue weighted by Crippen LogP contribution is -2.07. The minimum Gasteiger partial charge on any atom is -0.494 e. The lowest BCUT2D eigenvalue weighted by atomic mass is 10.1. The van der Waals surface area contributed by atoms with Gasteiger partial charge < -0.3 is 10.1 Å². The second kappa shape index (κ2) is 5.95. The predicted molar refractivity (Wildman–Crippen MR) is 67.2 cm³/mol. The molecule has 0 saturated carbocycles. The molecule has 0 radical (unpaired) electrons. The average Bonchev–Trinajstić information content (AvgIpc) is 2.40. The molecule has 5 heteroatoms. The lowest BCUT2D eigenvalue weighted by Gasteiger charge is -2.05. The summed E-state index contributed by atoms with van der Waals surface area (Å²) in [6.45, 7) is 0.649. The summed E-state index contributed by atoms with van der Waals surface area (Å²) in [6, 6.07) is 6.55. The van der Waals surface area contributed by atoms with Crippen molar-refractivity contribution in [2.75, 3.05) is 19.0 Å².